The predicted molar refractivity (Wildman–Crippen MR) is 83.7 cm³/mol. The van der Waals surface area contributed by atoms with Crippen LogP contribution in [-0.4, -0.2) is 17.2 Å². The van der Waals surface area contributed by atoms with Crippen molar-refractivity contribution in [1.29, 1.82) is 0 Å². The van der Waals surface area contributed by atoms with Gasteiger partial charge in [0.15, 0.2) is 5.01 Å². The van der Waals surface area contributed by atoms with Crippen molar-refractivity contribution in [2.75, 3.05) is 12.4 Å². The molecule has 0 aliphatic heterocycles. The Morgan fingerprint density at radius 3 is 2.60 bits per heavy atom. The van der Waals surface area contributed by atoms with Crippen molar-refractivity contribution in [2.24, 2.45) is 0 Å². The fraction of sp³-hybridized carbons (Fsp3) is 0.467. The molecule has 0 radical (unpaired) electrons. The van der Waals surface area contributed by atoms with Gasteiger partial charge in [0, 0.05) is 7.05 Å². The molecule has 1 aromatic carbocycles. The number of benzene rings is 1. The summed E-state index contributed by atoms with van der Waals surface area (Å²) < 4.78 is 5.94. The molecule has 0 bridgehead atoms. The van der Waals surface area contributed by atoms with Gasteiger partial charge in [0.25, 0.3) is 0 Å². The van der Waals surface area contributed by atoms with Crippen LogP contribution in [-0.2, 0) is 12.0 Å². The number of nitrogens with zero attached hydrogens (tertiary/aromatic N) is 2. The van der Waals surface area contributed by atoms with E-state index in [0.717, 1.165) is 15.9 Å². The maximum absolute atomic E-state index is 5.94. The van der Waals surface area contributed by atoms with Gasteiger partial charge in [-0.15, -0.1) is 10.2 Å². The number of aromatic nitrogens is 2. The minimum absolute atomic E-state index is 0.0542. The van der Waals surface area contributed by atoms with E-state index >= 15 is 0 Å². The van der Waals surface area contributed by atoms with Gasteiger partial charge in [0.2, 0.25) is 5.13 Å². The quantitative estimate of drug-likeness (QED) is 0.931. The van der Waals surface area contributed by atoms with Gasteiger partial charge in [-0.3, -0.25) is 0 Å². The first-order chi connectivity index (χ1) is 9.40. The van der Waals surface area contributed by atoms with E-state index in [9.17, 15) is 0 Å². The number of ether oxygens (including phenoxy) is 1. The Morgan fingerprint density at radius 1 is 1.25 bits per heavy atom. The fourth-order valence-corrected chi connectivity index (χ4v) is 2.51. The maximum atomic E-state index is 5.94. The Bertz CT molecular complexity index is 587. The summed E-state index contributed by atoms with van der Waals surface area (Å²) in [6.45, 7) is 9.13. The van der Waals surface area contributed by atoms with Gasteiger partial charge in [-0.1, -0.05) is 49.8 Å². The first-order valence-electron chi connectivity index (χ1n) is 6.64. The molecule has 0 amide bonds. The molecule has 0 aliphatic rings. The fourth-order valence-electron chi connectivity index (χ4n) is 1.91. The van der Waals surface area contributed by atoms with Crippen molar-refractivity contribution in [1.82, 2.24) is 10.2 Å². The lowest BCUT2D eigenvalue weighted by atomic mass is 9.85. The molecule has 2 aromatic rings. The number of hydrogen-bond donors (Lipinski definition) is 1. The van der Waals surface area contributed by atoms with Crippen LogP contribution in [0.1, 0.15) is 36.9 Å². The van der Waals surface area contributed by atoms with E-state index in [-0.39, 0.29) is 5.41 Å². The molecule has 5 heteroatoms. The summed E-state index contributed by atoms with van der Waals surface area (Å²) >= 11 is 1.51. The summed E-state index contributed by atoms with van der Waals surface area (Å²) in [5.41, 5.74) is 2.52. The van der Waals surface area contributed by atoms with Crippen molar-refractivity contribution in [3.05, 3.63) is 34.3 Å². The molecule has 4 nitrogen and oxygen atoms in total. The van der Waals surface area contributed by atoms with E-state index in [4.69, 9.17) is 4.74 Å². The highest BCUT2D eigenvalue weighted by atomic mass is 32.1. The van der Waals surface area contributed by atoms with Crippen LogP contribution < -0.4 is 10.1 Å². The highest BCUT2D eigenvalue weighted by Crippen LogP contribution is 2.32. The molecule has 1 heterocycles. The van der Waals surface area contributed by atoms with Gasteiger partial charge < -0.3 is 10.1 Å². The van der Waals surface area contributed by atoms with Crippen LogP contribution in [0.3, 0.4) is 0 Å². The summed E-state index contributed by atoms with van der Waals surface area (Å²) in [5.74, 6) is 0.921. The summed E-state index contributed by atoms with van der Waals surface area (Å²) in [4.78, 5) is 0. The third-order valence-corrected chi connectivity index (χ3v) is 3.89. The largest absolute Gasteiger partial charge is 0.486 e. The van der Waals surface area contributed by atoms with Crippen LogP contribution in [0.4, 0.5) is 5.13 Å². The molecule has 2 rings (SSSR count). The Balaban J connectivity index is 2.17. The molecular formula is C15H21N3OS. The molecule has 0 aliphatic carbocycles. The van der Waals surface area contributed by atoms with Crippen molar-refractivity contribution >= 4 is 16.5 Å². The third kappa shape index (κ3) is 3.48. The number of aryl methyl sites for hydroxylation is 1. The third-order valence-electron chi connectivity index (χ3n) is 2.97. The zero-order valence-corrected chi connectivity index (χ0v) is 13.5. The second-order valence-electron chi connectivity index (χ2n) is 5.79. The van der Waals surface area contributed by atoms with Crippen molar-refractivity contribution in [2.45, 2.75) is 39.7 Å². The van der Waals surface area contributed by atoms with Gasteiger partial charge in [-0.2, -0.15) is 0 Å². The normalized spacial score (nSPS) is 11.4. The molecule has 0 saturated carbocycles. The number of hydrogen-bond acceptors (Lipinski definition) is 5. The minimum atomic E-state index is 0.0542. The Kier molecular flexibility index (Phi) is 4.28. The SMILES string of the molecule is CNc1nnc(COc2ccc(C)cc2C(C)(C)C)s1. The molecule has 1 aromatic heterocycles. The zero-order chi connectivity index (χ0) is 14.8. The average Bonchev–Trinajstić information content (AvgIpc) is 2.84. The van der Waals surface area contributed by atoms with E-state index in [2.05, 4.69) is 55.3 Å². The first-order valence-corrected chi connectivity index (χ1v) is 7.46. The Labute approximate surface area is 124 Å². The molecule has 0 fully saturated rings. The molecule has 0 atom stereocenters. The van der Waals surface area contributed by atoms with Crippen LogP contribution in [0.5, 0.6) is 5.75 Å². The Hall–Kier alpha value is -1.62. The lowest BCUT2D eigenvalue weighted by molar-refractivity contribution is 0.296. The minimum Gasteiger partial charge on any atom is -0.486 e. The first kappa shape index (κ1) is 14.8. The maximum Gasteiger partial charge on any atom is 0.205 e. The molecule has 0 saturated heterocycles. The van der Waals surface area contributed by atoms with Gasteiger partial charge in [-0.05, 0) is 24.0 Å². The molecule has 1 N–H and O–H groups in total. The Morgan fingerprint density at radius 2 is 2.00 bits per heavy atom. The highest BCUT2D eigenvalue weighted by Gasteiger charge is 2.19. The smallest absolute Gasteiger partial charge is 0.205 e. The number of nitrogens with one attached hydrogen (secondary N) is 1. The van der Waals surface area contributed by atoms with E-state index in [1.54, 1.807) is 0 Å². The van der Waals surface area contributed by atoms with Crippen molar-refractivity contribution in [3.8, 4) is 5.75 Å². The summed E-state index contributed by atoms with van der Waals surface area (Å²) in [5, 5.41) is 12.8. The zero-order valence-electron chi connectivity index (χ0n) is 12.7. The van der Waals surface area contributed by atoms with Crippen LogP contribution in [0, 0.1) is 6.92 Å². The van der Waals surface area contributed by atoms with Gasteiger partial charge >= 0.3 is 0 Å². The van der Waals surface area contributed by atoms with Crippen LogP contribution in [0.2, 0.25) is 0 Å². The van der Waals surface area contributed by atoms with Gasteiger partial charge in [0.05, 0.1) is 0 Å². The highest BCUT2D eigenvalue weighted by molar-refractivity contribution is 7.15. The summed E-state index contributed by atoms with van der Waals surface area (Å²) in [7, 11) is 1.84. The predicted octanol–water partition coefficient (Wildman–Crippen LogP) is 3.76. The standard InChI is InChI=1S/C15H21N3OS/c1-10-6-7-12(11(8-10)15(2,3)4)19-9-13-17-18-14(16-5)20-13/h6-8H,9H2,1-5H3,(H,16,18). The van der Waals surface area contributed by atoms with E-state index in [1.165, 1.54) is 22.5 Å². The van der Waals surface area contributed by atoms with Crippen molar-refractivity contribution < 1.29 is 4.74 Å². The molecule has 20 heavy (non-hydrogen) atoms. The number of rotatable bonds is 4. The van der Waals surface area contributed by atoms with Crippen LogP contribution in [0.15, 0.2) is 18.2 Å². The van der Waals surface area contributed by atoms with E-state index in [0.29, 0.717) is 6.61 Å². The van der Waals surface area contributed by atoms with Crippen LogP contribution in [0.25, 0.3) is 0 Å². The van der Waals surface area contributed by atoms with Crippen LogP contribution >= 0.6 is 11.3 Å². The van der Waals surface area contributed by atoms with E-state index in [1.807, 2.05) is 13.1 Å². The summed E-state index contributed by atoms with van der Waals surface area (Å²) in [6, 6.07) is 6.30. The topological polar surface area (TPSA) is 47.0 Å². The van der Waals surface area contributed by atoms with Crippen molar-refractivity contribution in [3.63, 3.8) is 0 Å². The summed E-state index contributed by atoms with van der Waals surface area (Å²) in [6.07, 6.45) is 0. The molecule has 108 valence electrons. The lowest BCUT2D eigenvalue weighted by Gasteiger charge is -2.23. The average molecular weight is 291 g/mol. The lowest BCUT2D eigenvalue weighted by Crippen LogP contribution is -2.13. The molecule has 0 spiro atoms. The molecule has 0 unspecified atom stereocenters. The van der Waals surface area contributed by atoms with E-state index < -0.39 is 0 Å². The number of anilines is 1. The monoisotopic (exact) mass is 291 g/mol. The van der Waals surface area contributed by atoms with Gasteiger partial charge in [0.1, 0.15) is 12.4 Å². The second kappa shape index (κ2) is 5.79. The molecular weight excluding hydrogens is 270 g/mol. The second-order valence-corrected chi connectivity index (χ2v) is 6.85. The van der Waals surface area contributed by atoms with Gasteiger partial charge in [-0.25, -0.2) is 0 Å².